The Morgan fingerprint density at radius 2 is 2.19 bits per heavy atom. The molecule has 2 rings (SSSR count). The second-order valence-corrected chi connectivity index (χ2v) is 5.42. The summed E-state index contributed by atoms with van der Waals surface area (Å²) in [4.78, 5) is 15.9. The van der Waals surface area contributed by atoms with Crippen molar-refractivity contribution in [1.29, 1.82) is 5.26 Å². The predicted octanol–water partition coefficient (Wildman–Crippen LogP) is 2.20. The molecule has 1 N–H and O–H groups in total. The molecule has 1 aromatic carbocycles. The third kappa shape index (κ3) is 4.61. The normalized spacial score (nSPS) is 10.1. The molecule has 1 aromatic heterocycles. The first-order valence-corrected chi connectivity index (χ1v) is 7.44. The summed E-state index contributed by atoms with van der Waals surface area (Å²) in [5.41, 5.74) is 1.29. The number of aromatic nitrogens is 3. The van der Waals surface area contributed by atoms with Gasteiger partial charge < -0.3 is 5.32 Å². The van der Waals surface area contributed by atoms with Gasteiger partial charge in [0.05, 0.1) is 11.6 Å². The molecule has 0 bridgehead atoms. The second-order valence-electron chi connectivity index (χ2n) is 4.36. The topological polar surface area (TPSA) is 83.6 Å². The molecular formula is C14H15N5OS. The summed E-state index contributed by atoms with van der Waals surface area (Å²) in [5, 5.41) is 16.3. The van der Waals surface area contributed by atoms with E-state index in [1.54, 1.807) is 40.7 Å². The molecule has 0 atom stereocenters. The van der Waals surface area contributed by atoms with Gasteiger partial charge in [0.2, 0.25) is 5.91 Å². The summed E-state index contributed by atoms with van der Waals surface area (Å²) >= 11 is 1.58. The summed E-state index contributed by atoms with van der Waals surface area (Å²) in [6.45, 7) is 0. The molecular weight excluding hydrogens is 286 g/mol. The maximum Gasteiger partial charge on any atom is 0.224 e. The predicted molar refractivity (Wildman–Crippen MR) is 80.7 cm³/mol. The molecule has 21 heavy (non-hydrogen) atoms. The van der Waals surface area contributed by atoms with Crippen LogP contribution in [0.5, 0.6) is 0 Å². The van der Waals surface area contributed by atoms with Gasteiger partial charge in [0.1, 0.15) is 6.33 Å². The van der Waals surface area contributed by atoms with E-state index < -0.39 is 0 Å². The number of carbonyl (C=O) groups excluding carboxylic acids is 1. The van der Waals surface area contributed by atoms with Crippen molar-refractivity contribution in [2.75, 3.05) is 11.1 Å². The largest absolute Gasteiger partial charge is 0.326 e. The number of anilines is 1. The van der Waals surface area contributed by atoms with Crippen LogP contribution in [-0.4, -0.2) is 26.4 Å². The third-order valence-corrected chi connectivity index (χ3v) is 3.87. The number of benzene rings is 1. The van der Waals surface area contributed by atoms with Crippen LogP contribution in [0.1, 0.15) is 18.4 Å². The minimum absolute atomic E-state index is 0.0294. The Labute approximate surface area is 127 Å². The molecule has 7 heteroatoms. The highest BCUT2D eigenvalue weighted by atomic mass is 32.2. The Kier molecular flexibility index (Phi) is 5.35. The summed E-state index contributed by atoms with van der Waals surface area (Å²) < 4.78 is 1.71. The maximum absolute atomic E-state index is 11.8. The van der Waals surface area contributed by atoms with Gasteiger partial charge in [-0.05, 0) is 30.7 Å². The molecule has 108 valence electrons. The molecule has 6 nitrogen and oxygen atoms in total. The molecule has 1 heterocycles. The van der Waals surface area contributed by atoms with Crippen molar-refractivity contribution in [3.8, 4) is 6.07 Å². The number of carbonyl (C=O) groups is 1. The van der Waals surface area contributed by atoms with Crippen molar-refractivity contribution in [1.82, 2.24) is 14.8 Å². The highest BCUT2D eigenvalue weighted by Gasteiger charge is 2.05. The molecule has 0 aliphatic carbocycles. The van der Waals surface area contributed by atoms with Gasteiger partial charge in [-0.15, -0.1) is 0 Å². The Morgan fingerprint density at radius 1 is 1.43 bits per heavy atom. The molecule has 1 amide bonds. The average molecular weight is 301 g/mol. The third-order valence-electron chi connectivity index (χ3n) is 2.75. The van der Waals surface area contributed by atoms with Crippen LogP contribution in [0.15, 0.2) is 35.7 Å². The van der Waals surface area contributed by atoms with Gasteiger partial charge >= 0.3 is 0 Å². The molecule has 0 spiro atoms. The Balaban J connectivity index is 1.70. The smallest absolute Gasteiger partial charge is 0.224 e. The van der Waals surface area contributed by atoms with Crippen LogP contribution in [-0.2, 0) is 11.8 Å². The first kappa shape index (κ1) is 15.1. The fourth-order valence-corrected chi connectivity index (χ4v) is 2.49. The number of hydrogen-bond donors (Lipinski definition) is 1. The van der Waals surface area contributed by atoms with E-state index in [9.17, 15) is 4.79 Å². The van der Waals surface area contributed by atoms with Crippen LogP contribution in [0.2, 0.25) is 0 Å². The number of nitriles is 1. The van der Waals surface area contributed by atoms with Gasteiger partial charge in [-0.25, -0.2) is 9.67 Å². The van der Waals surface area contributed by atoms with E-state index in [4.69, 9.17) is 5.26 Å². The zero-order chi connectivity index (χ0) is 15.1. The monoisotopic (exact) mass is 301 g/mol. The van der Waals surface area contributed by atoms with E-state index in [-0.39, 0.29) is 5.91 Å². The highest BCUT2D eigenvalue weighted by Crippen LogP contribution is 2.15. The molecule has 0 aliphatic heterocycles. The summed E-state index contributed by atoms with van der Waals surface area (Å²) in [7, 11) is 1.84. The summed E-state index contributed by atoms with van der Waals surface area (Å²) in [6.07, 6.45) is 2.73. The molecule has 2 aromatic rings. The number of amides is 1. The quantitative estimate of drug-likeness (QED) is 0.653. The van der Waals surface area contributed by atoms with Crippen LogP contribution < -0.4 is 5.32 Å². The summed E-state index contributed by atoms with van der Waals surface area (Å²) in [6, 6.07) is 8.85. The van der Waals surface area contributed by atoms with E-state index in [0.29, 0.717) is 17.7 Å². The van der Waals surface area contributed by atoms with Crippen molar-refractivity contribution >= 4 is 23.4 Å². The van der Waals surface area contributed by atoms with E-state index in [2.05, 4.69) is 15.4 Å². The lowest BCUT2D eigenvalue weighted by atomic mass is 10.2. The zero-order valence-corrected chi connectivity index (χ0v) is 12.4. The fourth-order valence-electron chi connectivity index (χ4n) is 1.66. The van der Waals surface area contributed by atoms with Crippen LogP contribution in [0, 0.1) is 11.3 Å². The van der Waals surface area contributed by atoms with Crippen molar-refractivity contribution < 1.29 is 4.79 Å². The summed E-state index contributed by atoms with van der Waals surface area (Å²) in [5.74, 6) is 0.783. The van der Waals surface area contributed by atoms with Gasteiger partial charge in [0, 0.05) is 24.9 Å². The number of nitrogens with zero attached hydrogens (tertiary/aromatic N) is 4. The molecule has 0 saturated heterocycles. The molecule has 0 radical (unpaired) electrons. The van der Waals surface area contributed by atoms with Crippen LogP contribution >= 0.6 is 11.8 Å². The van der Waals surface area contributed by atoms with Crippen LogP contribution in [0.3, 0.4) is 0 Å². The molecule has 0 saturated carbocycles. The van der Waals surface area contributed by atoms with Crippen molar-refractivity contribution in [2.24, 2.45) is 7.05 Å². The SMILES string of the molecule is Cn1ncnc1SCCCC(=O)Nc1ccc(C#N)cc1. The Morgan fingerprint density at radius 3 is 2.81 bits per heavy atom. The highest BCUT2D eigenvalue weighted by molar-refractivity contribution is 7.99. The van der Waals surface area contributed by atoms with E-state index in [1.165, 1.54) is 6.33 Å². The first-order valence-electron chi connectivity index (χ1n) is 6.46. The minimum atomic E-state index is -0.0294. The molecule has 0 unspecified atom stereocenters. The lowest BCUT2D eigenvalue weighted by molar-refractivity contribution is -0.116. The maximum atomic E-state index is 11.8. The lowest BCUT2D eigenvalue weighted by Gasteiger charge is -2.05. The Hall–Kier alpha value is -2.33. The van der Waals surface area contributed by atoms with E-state index in [1.807, 2.05) is 13.1 Å². The average Bonchev–Trinajstić information content (AvgIpc) is 2.90. The molecule has 0 fully saturated rings. The van der Waals surface area contributed by atoms with Crippen molar-refractivity contribution in [3.63, 3.8) is 0 Å². The number of hydrogen-bond acceptors (Lipinski definition) is 5. The number of thioether (sulfide) groups is 1. The lowest BCUT2D eigenvalue weighted by Crippen LogP contribution is -2.11. The standard InChI is InChI=1S/C14H15N5OS/c1-19-14(16-10-17-19)21-8-2-3-13(20)18-12-6-4-11(9-15)5-7-12/h4-7,10H,2-3,8H2,1H3,(H,18,20). The van der Waals surface area contributed by atoms with Gasteiger partial charge in [-0.1, -0.05) is 11.8 Å². The van der Waals surface area contributed by atoms with Gasteiger partial charge in [-0.2, -0.15) is 10.4 Å². The fraction of sp³-hybridized carbons (Fsp3) is 0.286. The number of nitrogens with one attached hydrogen (secondary N) is 1. The van der Waals surface area contributed by atoms with Gasteiger partial charge in [-0.3, -0.25) is 4.79 Å². The minimum Gasteiger partial charge on any atom is -0.326 e. The van der Waals surface area contributed by atoms with Gasteiger partial charge in [0.25, 0.3) is 0 Å². The van der Waals surface area contributed by atoms with Crippen molar-refractivity contribution in [2.45, 2.75) is 18.0 Å². The first-order chi connectivity index (χ1) is 10.2. The van der Waals surface area contributed by atoms with Crippen LogP contribution in [0.4, 0.5) is 5.69 Å². The number of aryl methyl sites for hydroxylation is 1. The van der Waals surface area contributed by atoms with E-state index >= 15 is 0 Å². The molecule has 0 aliphatic rings. The Bertz CT molecular complexity index is 644. The second kappa shape index (κ2) is 7.45. The van der Waals surface area contributed by atoms with Crippen LogP contribution in [0.25, 0.3) is 0 Å². The zero-order valence-electron chi connectivity index (χ0n) is 11.6. The number of rotatable bonds is 6. The van der Waals surface area contributed by atoms with Crippen molar-refractivity contribution in [3.05, 3.63) is 36.2 Å². The van der Waals surface area contributed by atoms with E-state index in [0.717, 1.165) is 17.3 Å². The van der Waals surface area contributed by atoms with Gasteiger partial charge in [0.15, 0.2) is 5.16 Å².